The average Bonchev–Trinajstić information content (AvgIpc) is 3.27. The van der Waals surface area contributed by atoms with Crippen molar-refractivity contribution in [2.45, 2.75) is 19.1 Å². The normalized spacial score (nSPS) is 15.2. The van der Waals surface area contributed by atoms with E-state index in [0.717, 1.165) is 22.9 Å². The Hall–Kier alpha value is -3.28. The van der Waals surface area contributed by atoms with E-state index in [1.54, 1.807) is 6.20 Å². The molecule has 1 atom stereocenters. The van der Waals surface area contributed by atoms with Gasteiger partial charge in [-0.15, -0.1) is 0 Å². The number of hydrogen-bond donors (Lipinski definition) is 1. The molecule has 0 saturated heterocycles. The molecule has 6 heteroatoms. The second-order valence-corrected chi connectivity index (χ2v) is 6.18. The van der Waals surface area contributed by atoms with Crippen molar-refractivity contribution in [2.24, 2.45) is 7.05 Å². The minimum atomic E-state index is -0.494. The Bertz CT molecular complexity index is 893. The molecule has 3 aromatic rings. The number of benzene rings is 2. The van der Waals surface area contributed by atoms with Crippen LogP contribution < -0.4 is 14.8 Å². The maximum Gasteiger partial charge on any atom is 0.265 e. The molecule has 1 aliphatic heterocycles. The van der Waals surface area contributed by atoms with Crippen molar-refractivity contribution in [1.29, 1.82) is 0 Å². The zero-order valence-electron chi connectivity index (χ0n) is 14.4. The summed E-state index contributed by atoms with van der Waals surface area (Å²) in [6, 6.07) is 15.0. The molecular weight excluding hydrogens is 330 g/mol. The van der Waals surface area contributed by atoms with Gasteiger partial charge in [0.15, 0.2) is 6.10 Å². The summed E-state index contributed by atoms with van der Waals surface area (Å²) in [5, 5.41) is 2.89. The van der Waals surface area contributed by atoms with Gasteiger partial charge in [-0.3, -0.25) is 4.79 Å². The molecule has 1 amide bonds. The van der Waals surface area contributed by atoms with Crippen molar-refractivity contribution in [3.05, 3.63) is 72.3 Å². The van der Waals surface area contributed by atoms with E-state index in [9.17, 15) is 4.79 Å². The second-order valence-electron chi connectivity index (χ2n) is 6.18. The first-order valence-corrected chi connectivity index (χ1v) is 8.43. The van der Waals surface area contributed by atoms with Crippen molar-refractivity contribution in [3.8, 4) is 11.5 Å². The highest BCUT2D eigenvalue weighted by atomic mass is 16.5. The van der Waals surface area contributed by atoms with Crippen LogP contribution in [0.4, 0.5) is 5.69 Å². The van der Waals surface area contributed by atoms with Crippen LogP contribution in [-0.2, 0) is 24.9 Å². The standard InChI is InChI=1S/C20H19N3O3/c1-23-11-10-21-19(23)13-25-16-8-6-15(7-9-16)22-20(24)18-12-14-4-2-3-5-17(14)26-18/h2-11,18H,12-13H2,1H3,(H,22,24)/t18-/m1/s1. The Morgan fingerprint density at radius 2 is 2.08 bits per heavy atom. The summed E-state index contributed by atoms with van der Waals surface area (Å²) in [7, 11) is 1.92. The molecule has 0 spiro atoms. The van der Waals surface area contributed by atoms with Crippen molar-refractivity contribution < 1.29 is 14.3 Å². The minimum absolute atomic E-state index is 0.150. The van der Waals surface area contributed by atoms with E-state index in [1.807, 2.05) is 66.3 Å². The molecule has 0 radical (unpaired) electrons. The van der Waals surface area contributed by atoms with Gasteiger partial charge in [0.2, 0.25) is 0 Å². The lowest BCUT2D eigenvalue weighted by Gasteiger charge is -2.12. The molecule has 0 fully saturated rings. The zero-order valence-corrected chi connectivity index (χ0v) is 14.4. The summed E-state index contributed by atoms with van der Waals surface area (Å²) >= 11 is 0. The number of amides is 1. The number of fused-ring (bicyclic) bond motifs is 1. The Balaban J connectivity index is 1.33. The average molecular weight is 349 g/mol. The van der Waals surface area contributed by atoms with E-state index in [4.69, 9.17) is 9.47 Å². The molecule has 0 unspecified atom stereocenters. The molecule has 0 aliphatic carbocycles. The lowest BCUT2D eigenvalue weighted by Crippen LogP contribution is -2.31. The maximum absolute atomic E-state index is 12.4. The van der Waals surface area contributed by atoms with Gasteiger partial charge in [0.05, 0.1) is 0 Å². The highest BCUT2D eigenvalue weighted by molar-refractivity contribution is 5.95. The summed E-state index contributed by atoms with van der Waals surface area (Å²) < 4.78 is 13.3. The number of ether oxygens (including phenoxy) is 2. The third kappa shape index (κ3) is 3.39. The first-order valence-electron chi connectivity index (χ1n) is 8.43. The first kappa shape index (κ1) is 16.2. The topological polar surface area (TPSA) is 65.4 Å². The number of nitrogens with one attached hydrogen (secondary N) is 1. The minimum Gasteiger partial charge on any atom is -0.486 e. The van der Waals surface area contributed by atoms with Gasteiger partial charge in [-0.1, -0.05) is 18.2 Å². The van der Waals surface area contributed by atoms with Crippen LogP contribution in [0.2, 0.25) is 0 Å². The molecule has 6 nitrogen and oxygen atoms in total. The van der Waals surface area contributed by atoms with Gasteiger partial charge in [-0.05, 0) is 35.9 Å². The summed E-state index contributed by atoms with van der Waals surface area (Å²) in [6.07, 6.45) is 3.71. The second kappa shape index (κ2) is 6.92. The predicted molar refractivity (Wildman–Crippen MR) is 97.2 cm³/mol. The first-order chi connectivity index (χ1) is 12.7. The van der Waals surface area contributed by atoms with Crippen LogP contribution in [0, 0.1) is 0 Å². The van der Waals surface area contributed by atoms with Crippen LogP contribution in [0.15, 0.2) is 60.9 Å². The van der Waals surface area contributed by atoms with Crippen LogP contribution >= 0.6 is 0 Å². The molecule has 26 heavy (non-hydrogen) atoms. The van der Waals surface area contributed by atoms with E-state index in [-0.39, 0.29) is 5.91 Å². The molecule has 2 aromatic carbocycles. The largest absolute Gasteiger partial charge is 0.486 e. The van der Waals surface area contributed by atoms with E-state index < -0.39 is 6.10 Å². The van der Waals surface area contributed by atoms with Gasteiger partial charge in [-0.25, -0.2) is 4.98 Å². The van der Waals surface area contributed by atoms with Gasteiger partial charge < -0.3 is 19.4 Å². The molecule has 4 rings (SSSR count). The maximum atomic E-state index is 12.4. The van der Waals surface area contributed by atoms with Gasteiger partial charge >= 0.3 is 0 Å². The van der Waals surface area contributed by atoms with E-state index >= 15 is 0 Å². The molecular formula is C20H19N3O3. The number of nitrogens with zero attached hydrogens (tertiary/aromatic N) is 2. The number of aromatic nitrogens is 2. The van der Waals surface area contributed by atoms with Crippen LogP contribution in [0.1, 0.15) is 11.4 Å². The highest BCUT2D eigenvalue weighted by Crippen LogP contribution is 2.28. The predicted octanol–water partition coefficient (Wildman–Crippen LogP) is 2.94. The Labute approximate surface area is 151 Å². The van der Waals surface area contributed by atoms with E-state index in [0.29, 0.717) is 18.7 Å². The molecule has 1 N–H and O–H groups in total. The van der Waals surface area contributed by atoms with Crippen LogP contribution in [-0.4, -0.2) is 21.6 Å². The van der Waals surface area contributed by atoms with Crippen molar-refractivity contribution in [2.75, 3.05) is 5.32 Å². The van der Waals surface area contributed by atoms with Crippen LogP contribution in [0.3, 0.4) is 0 Å². The summed E-state index contributed by atoms with van der Waals surface area (Å²) in [5.74, 6) is 2.20. The Kier molecular flexibility index (Phi) is 4.31. The molecule has 0 saturated carbocycles. The summed E-state index contributed by atoms with van der Waals surface area (Å²) in [5.41, 5.74) is 1.77. The van der Waals surface area contributed by atoms with E-state index in [2.05, 4.69) is 10.3 Å². The zero-order chi connectivity index (χ0) is 17.9. The lowest BCUT2D eigenvalue weighted by atomic mass is 10.1. The number of rotatable bonds is 5. The fraction of sp³-hybridized carbons (Fsp3) is 0.200. The van der Waals surface area contributed by atoms with Crippen LogP contribution in [0.25, 0.3) is 0 Å². The van der Waals surface area contributed by atoms with Gasteiger partial charge in [0.1, 0.15) is 23.9 Å². The van der Waals surface area contributed by atoms with Crippen LogP contribution in [0.5, 0.6) is 11.5 Å². The lowest BCUT2D eigenvalue weighted by molar-refractivity contribution is -0.122. The molecule has 1 aliphatic rings. The smallest absolute Gasteiger partial charge is 0.265 e. The van der Waals surface area contributed by atoms with Gasteiger partial charge in [0, 0.05) is 31.5 Å². The number of para-hydroxylation sites is 1. The van der Waals surface area contributed by atoms with Gasteiger partial charge in [0.25, 0.3) is 5.91 Å². The van der Waals surface area contributed by atoms with Crippen molar-refractivity contribution in [3.63, 3.8) is 0 Å². The molecule has 0 bridgehead atoms. The third-order valence-corrected chi connectivity index (χ3v) is 4.35. The summed E-state index contributed by atoms with van der Waals surface area (Å²) in [4.78, 5) is 16.6. The highest BCUT2D eigenvalue weighted by Gasteiger charge is 2.28. The van der Waals surface area contributed by atoms with E-state index in [1.165, 1.54) is 0 Å². The van der Waals surface area contributed by atoms with Gasteiger partial charge in [-0.2, -0.15) is 0 Å². The quantitative estimate of drug-likeness (QED) is 0.769. The number of carbonyl (C=O) groups is 1. The number of hydrogen-bond acceptors (Lipinski definition) is 4. The van der Waals surface area contributed by atoms with Crippen molar-refractivity contribution >= 4 is 11.6 Å². The fourth-order valence-corrected chi connectivity index (χ4v) is 2.87. The Morgan fingerprint density at radius 3 is 2.81 bits per heavy atom. The van der Waals surface area contributed by atoms with Crippen molar-refractivity contribution in [1.82, 2.24) is 9.55 Å². The monoisotopic (exact) mass is 349 g/mol. The fourth-order valence-electron chi connectivity index (χ4n) is 2.87. The number of aryl methyl sites for hydroxylation is 1. The SMILES string of the molecule is Cn1ccnc1COc1ccc(NC(=O)[C@H]2Cc3ccccc3O2)cc1. The number of carbonyl (C=O) groups excluding carboxylic acids is 1. The molecule has 2 heterocycles. The third-order valence-electron chi connectivity index (χ3n) is 4.35. The number of imidazole rings is 1. The molecule has 132 valence electrons. The summed E-state index contributed by atoms with van der Waals surface area (Å²) in [6.45, 7) is 0.392. The molecule has 1 aromatic heterocycles. The number of anilines is 1. The Morgan fingerprint density at radius 1 is 1.27 bits per heavy atom.